The van der Waals surface area contributed by atoms with Gasteiger partial charge in [0.25, 0.3) is 6.43 Å². The number of carbonyl (C=O) groups is 1. The van der Waals surface area contributed by atoms with Crippen molar-refractivity contribution < 1.29 is 32.3 Å². The van der Waals surface area contributed by atoms with Crippen LogP contribution in [-0.4, -0.2) is 92.2 Å². The van der Waals surface area contributed by atoms with E-state index in [4.69, 9.17) is 30.2 Å². The van der Waals surface area contributed by atoms with Crippen molar-refractivity contribution in [2.45, 2.75) is 70.7 Å². The van der Waals surface area contributed by atoms with E-state index >= 15 is 0 Å². The number of pyridine rings is 1. The van der Waals surface area contributed by atoms with Crippen LogP contribution in [0, 0.1) is 12.8 Å². The lowest BCUT2D eigenvalue weighted by molar-refractivity contribution is -0.146. The number of halogens is 3. The number of likely N-dealkylation sites (tertiary alicyclic amines) is 1. The van der Waals surface area contributed by atoms with E-state index in [2.05, 4.69) is 30.2 Å². The molecule has 5 aromatic rings. The Balaban J connectivity index is 1.15. The molecule has 2 N–H and O–H groups in total. The van der Waals surface area contributed by atoms with Crippen molar-refractivity contribution in [2.24, 2.45) is 5.92 Å². The zero-order valence-corrected chi connectivity index (χ0v) is 32.1. The average molecular weight is 790 g/mol. The Hall–Kier alpha value is -4.89. The molecule has 12 nitrogen and oxygen atoms in total. The van der Waals surface area contributed by atoms with Crippen LogP contribution in [-0.2, 0) is 22.6 Å². The van der Waals surface area contributed by atoms with Gasteiger partial charge in [-0.2, -0.15) is 0 Å². The van der Waals surface area contributed by atoms with Gasteiger partial charge >= 0.3 is 5.97 Å². The van der Waals surface area contributed by atoms with Gasteiger partial charge in [0.05, 0.1) is 48.7 Å². The van der Waals surface area contributed by atoms with Gasteiger partial charge < -0.3 is 19.9 Å². The third-order valence-electron chi connectivity index (χ3n) is 10.6. The normalized spacial score (nSPS) is 19.9. The van der Waals surface area contributed by atoms with E-state index in [-0.39, 0.29) is 47.8 Å². The van der Waals surface area contributed by atoms with Crippen LogP contribution in [0.1, 0.15) is 65.3 Å². The summed E-state index contributed by atoms with van der Waals surface area (Å²) in [5.74, 6) is -0.877. The number of benzene rings is 2. The highest BCUT2D eigenvalue weighted by atomic mass is 35.5. The minimum absolute atomic E-state index is 0.0476. The summed E-state index contributed by atoms with van der Waals surface area (Å²) in [5.41, 5.74) is 5.45. The number of aromatic nitrogens is 5. The van der Waals surface area contributed by atoms with Crippen LogP contribution in [0.5, 0.6) is 5.88 Å². The van der Waals surface area contributed by atoms with Gasteiger partial charge in [0, 0.05) is 59.3 Å². The predicted molar refractivity (Wildman–Crippen MR) is 210 cm³/mol. The molecule has 56 heavy (non-hydrogen) atoms. The lowest BCUT2D eigenvalue weighted by Crippen LogP contribution is -2.36. The number of hydrogen-bond acceptors (Lipinski definition) is 12. The second-order valence-corrected chi connectivity index (χ2v) is 14.6. The molecule has 7 rings (SSSR count). The van der Waals surface area contributed by atoms with Gasteiger partial charge in [-0.3, -0.25) is 24.6 Å². The highest BCUT2D eigenvalue weighted by Crippen LogP contribution is 2.40. The second-order valence-electron chi connectivity index (χ2n) is 14.3. The summed E-state index contributed by atoms with van der Waals surface area (Å²) >= 11 is 7.13. The summed E-state index contributed by atoms with van der Waals surface area (Å²) in [7, 11) is 2.80. The van der Waals surface area contributed by atoms with E-state index in [9.17, 15) is 18.7 Å². The van der Waals surface area contributed by atoms with Crippen LogP contribution in [0.15, 0.2) is 54.9 Å². The monoisotopic (exact) mass is 789 g/mol. The van der Waals surface area contributed by atoms with E-state index in [0.29, 0.717) is 83.9 Å². The summed E-state index contributed by atoms with van der Waals surface area (Å²) in [6.07, 6.45) is 2.66. The maximum atomic E-state index is 14.1. The number of alkyl halides is 2. The summed E-state index contributed by atoms with van der Waals surface area (Å²) in [6.45, 7) is 1.16. The zero-order chi connectivity index (χ0) is 42.0. The van der Waals surface area contributed by atoms with E-state index in [1.807, 2.05) is 37.3 Å². The van der Waals surface area contributed by atoms with Crippen molar-refractivity contribution in [1.82, 2.24) is 34.7 Å². The first-order valence-corrected chi connectivity index (χ1v) is 18.9. The second kappa shape index (κ2) is 17.1. The average Bonchev–Trinajstić information content (AvgIpc) is 3.63. The fraction of sp³-hybridized carbons (Fsp3) is 0.415. The molecular weight excluding hydrogens is 742 g/mol. The first-order valence-electron chi connectivity index (χ1n) is 20.0. The topological polar surface area (TPSA) is 139 Å². The molecule has 0 amide bonds. The van der Waals surface area contributed by atoms with Gasteiger partial charge in [0.2, 0.25) is 5.88 Å². The van der Waals surface area contributed by atoms with Crippen molar-refractivity contribution in [3.8, 4) is 28.3 Å². The molecule has 0 radical (unpaired) electrons. The molecule has 1 atom stereocenters. The minimum atomic E-state index is -2.91. The van der Waals surface area contributed by atoms with Gasteiger partial charge in [-0.25, -0.2) is 23.7 Å². The van der Waals surface area contributed by atoms with Crippen LogP contribution in [0.3, 0.4) is 0 Å². The molecule has 1 aliphatic heterocycles. The van der Waals surface area contributed by atoms with E-state index in [0.717, 1.165) is 23.2 Å². The number of carbonyl (C=O) groups excluding carboxylic acids is 1. The molecule has 0 unspecified atom stereocenters. The number of rotatable bonds is 12. The summed E-state index contributed by atoms with van der Waals surface area (Å²) in [4.78, 5) is 37.8. The van der Waals surface area contributed by atoms with Gasteiger partial charge in [0.1, 0.15) is 11.2 Å². The lowest BCUT2D eigenvalue weighted by atomic mass is 9.85. The summed E-state index contributed by atoms with van der Waals surface area (Å²) in [5, 5.41) is 13.5. The maximum absolute atomic E-state index is 14.1. The van der Waals surface area contributed by atoms with Crippen molar-refractivity contribution in [2.75, 3.05) is 39.6 Å². The first-order chi connectivity index (χ1) is 28.2. The fourth-order valence-electron chi connectivity index (χ4n) is 7.57. The lowest BCUT2D eigenvalue weighted by Gasteiger charge is -2.33. The smallest absolute Gasteiger partial charge is 0.308 e. The van der Waals surface area contributed by atoms with E-state index in [1.54, 1.807) is 18.3 Å². The largest absolute Gasteiger partial charge is 0.480 e. The Morgan fingerprint density at radius 1 is 1.05 bits per heavy atom. The molecule has 2 aromatic carbocycles. The van der Waals surface area contributed by atoms with Crippen LogP contribution < -0.4 is 10.1 Å². The highest BCUT2D eigenvalue weighted by molar-refractivity contribution is 6.36. The van der Waals surface area contributed by atoms with Gasteiger partial charge in [-0.05, 0) is 74.8 Å². The van der Waals surface area contributed by atoms with E-state index < -0.39 is 19.2 Å². The Labute approximate surface area is 333 Å². The van der Waals surface area contributed by atoms with Crippen LogP contribution in [0.2, 0.25) is 5.02 Å². The molecular formula is C41H45ClF2N8O4. The third kappa shape index (κ3) is 8.43. The maximum Gasteiger partial charge on any atom is 0.308 e. The predicted octanol–water partition coefficient (Wildman–Crippen LogP) is 7.53. The molecule has 15 heteroatoms. The number of nitrogens with one attached hydrogen (secondary N) is 1. The van der Waals surface area contributed by atoms with Gasteiger partial charge in [0.15, 0.2) is 11.6 Å². The Morgan fingerprint density at radius 2 is 1.82 bits per heavy atom. The highest BCUT2D eigenvalue weighted by Gasteiger charge is 2.30. The minimum Gasteiger partial charge on any atom is -0.480 e. The van der Waals surface area contributed by atoms with Crippen molar-refractivity contribution in [3.05, 3.63) is 82.5 Å². The number of aliphatic hydroxyl groups excluding tert-OH is 1. The molecule has 294 valence electrons. The van der Waals surface area contributed by atoms with Gasteiger partial charge in [-0.15, -0.1) is 0 Å². The quantitative estimate of drug-likeness (QED) is 0.121. The first kappa shape index (κ1) is 35.5. The molecule has 4 heterocycles. The van der Waals surface area contributed by atoms with Crippen molar-refractivity contribution in [1.29, 1.82) is 0 Å². The molecule has 1 saturated heterocycles. The molecule has 1 saturated carbocycles. The summed E-state index contributed by atoms with van der Waals surface area (Å²) in [6, 6.07) is 12.4. The Kier molecular flexibility index (Phi) is 10.8. The Morgan fingerprint density at radius 3 is 2.54 bits per heavy atom. The van der Waals surface area contributed by atoms with Crippen LogP contribution in [0.4, 0.5) is 20.3 Å². The van der Waals surface area contributed by atoms with E-state index in [1.165, 1.54) is 25.3 Å². The van der Waals surface area contributed by atoms with Crippen LogP contribution >= 0.6 is 11.6 Å². The fourth-order valence-corrected chi connectivity index (χ4v) is 7.90. The molecule has 2 fully saturated rings. The number of fused-ring (bicyclic) bond motifs is 1. The number of β-amino-alcohol motifs (C(OH)–C–C–N with tert-alkyl or cyclic N) is 1. The molecule has 1 aliphatic carbocycles. The van der Waals surface area contributed by atoms with Gasteiger partial charge in [-0.1, -0.05) is 41.9 Å². The van der Waals surface area contributed by atoms with Crippen molar-refractivity contribution >= 4 is 40.1 Å². The number of ether oxygens (including phenoxy) is 2. The SMILES string of the molecule is [2H]C([2H])([2H])N(Cc1ncc(-c2cccc(-c3cccc(Nc4nc(C(F)F)nc5cc(CN6CC[C@@H](O)C6)cnc45)c3C)c2Cl)nc1OC)C1CCC(C(=O)OC)CC1. The molecule has 3 aromatic heterocycles. The molecule has 0 spiro atoms. The number of nitrogens with zero attached hydrogens (tertiary/aromatic N) is 7. The van der Waals surface area contributed by atoms with Crippen molar-refractivity contribution in [3.63, 3.8) is 0 Å². The number of methoxy groups -OCH3 is 2. The zero-order valence-electron chi connectivity index (χ0n) is 34.3. The molecule has 0 bridgehead atoms. The Bertz CT molecular complexity index is 2330. The van der Waals surface area contributed by atoms with Crippen LogP contribution in [0.25, 0.3) is 33.4 Å². The summed E-state index contributed by atoms with van der Waals surface area (Å²) < 4.78 is 63.6. The third-order valence-corrected chi connectivity index (χ3v) is 11.0. The molecule has 2 aliphatic rings. The number of anilines is 2. The number of hydrogen-bond donors (Lipinski definition) is 2. The number of esters is 1. The number of aliphatic hydroxyl groups is 1. The standard InChI is InChI=1S/C41H45ClF2N8O4/c1-23-28(7-6-10-31(23)47-38-36-32(48-39(50-38)37(43)44)17-24(18-46-36)20-52-16-15-27(53)21-52)29-8-5-9-30(35(29)42)33-19-45-34(40(49-33)55-3)22-51(2)26-13-11-25(12-14-26)41(54)56-4/h5-10,17-19,25-27,37,53H,11-16,20-22H2,1-4H3,(H,47,48,50)/t25?,26?,27-/m1/s1/i2D3.